The van der Waals surface area contributed by atoms with Crippen LogP contribution in [0, 0.1) is 13.8 Å². The second-order valence-electron chi connectivity index (χ2n) is 5.68. The summed E-state index contributed by atoms with van der Waals surface area (Å²) in [5, 5.41) is 8.41. The first-order valence-corrected chi connectivity index (χ1v) is 9.40. The van der Waals surface area contributed by atoms with Crippen LogP contribution in [0.1, 0.15) is 111 Å². The van der Waals surface area contributed by atoms with Gasteiger partial charge in [0.05, 0.1) is 0 Å². The van der Waals surface area contributed by atoms with Crippen LogP contribution in [-0.4, -0.2) is 11.1 Å². The van der Waals surface area contributed by atoms with Crippen LogP contribution in [0.2, 0.25) is 0 Å². The van der Waals surface area contributed by atoms with Crippen molar-refractivity contribution in [3.63, 3.8) is 0 Å². The van der Waals surface area contributed by atoms with E-state index < -0.39 is 5.97 Å². The number of carboxylic acid groups (broad SMARTS) is 1. The van der Waals surface area contributed by atoms with E-state index in [0.717, 1.165) is 25.7 Å². The minimum Gasteiger partial charge on any atom is -0.481 e. The Bertz CT molecular complexity index is 176. The van der Waals surface area contributed by atoms with Crippen molar-refractivity contribution in [3.05, 3.63) is 13.8 Å². The van der Waals surface area contributed by atoms with Crippen molar-refractivity contribution in [3.8, 4) is 0 Å². The van der Waals surface area contributed by atoms with Gasteiger partial charge in [0, 0.05) is 6.42 Å². The molecule has 0 fully saturated rings. The molecule has 0 spiro atoms. The average molecular weight is 380 g/mol. The maximum Gasteiger partial charge on any atom is 2.00 e. The Morgan fingerprint density at radius 3 is 1.26 bits per heavy atom. The van der Waals surface area contributed by atoms with Gasteiger partial charge in [0.2, 0.25) is 0 Å². The summed E-state index contributed by atoms with van der Waals surface area (Å²) < 4.78 is 0. The summed E-state index contributed by atoms with van der Waals surface area (Å²) in [5.41, 5.74) is 0. The molecule has 0 radical (unpaired) electrons. The second kappa shape index (κ2) is 33.6. The number of unbranched alkanes of at least 4 members (excludes halogenated alkanes) is 10. The van der Waals surface area contributed by atoms with Gasteiger partial charge >= 0.3 is 25.4 Å². The van der Waals surface area contributed by atoms with Gasteiger partial charge in [-0.1, -0.05) is 85.0 Å². The predicted molar refractivity (Wildman–Crippen MR) is 100 cm³/mol. The molecule has 0 saturated heterocycles. The van der Waals surface area contributed by atoms with E-state index in [1.54, 1.807) is 0 Å². The van der Waals surface area contributed by atoms with Crippen LogP contribution in [0.4, 0.5) is 0 Å². The summed E-state index contributed by atoms with van der Waals surface area (Å²) in [7, 11) is 0. The Morgan fingerprint density at radius 1 is 0.696 bits per heavy atom. The molecule has 0 rings (SSSR count). The molecule has 3 heteroatoms. The molecule has 0 saturated carbocycles. The minimum absolute atomic E-state index is 0. The molecule has 0 aromatic rings. The summed E-state index contributed by atoms with van der Waals surface area (Å²) in [6.45, 7) is 13.7. The van der Waals surface area contributed by atoms with Gasteiger partial charge in [0.15, 0.2) is 0 Å². The van der Waals surface area contributed by atoms with E-state index in [-0.39, 0.29) is 19.5 Å². The third-order valence-electron chi connectivity index (χ3n) is 3.20. The number of aliphatic carboxylic acids is 1. The standard InChI is InChI=1S/C12H24O2.2C4H9.Zn/c1-2-3-4-5-6-7-8-9-10-11-12(13)14;2*1-3-4-2;/h2-11H2,1H3,(H,13,14);2*1,3-4H2,2H3;/q;2*-1;+2. The van der Waals surface area contributed by atoms with E-state index in [0.29, 0.717) is 6.42 Å². The maximum atomic E-state index is 10.2. The smallest absolute Gasteiger partial charge is 0.481 e. The Morgan fingerprint density at radius 2 is 1.00 bits per heavy atom. The molecule has 0 unspecified atom stereocenters. The molecule has 2 nitrogen and oxygen atoms in total. The van der Waals surface area contributed by atoms with E-state index in [1.807, 2.05) is 0 Å². The summed E-state index contributed by atoms with van der Waals surface area (Å²) in [5.74, 6) is -0.659. The maximum absolute atomic E-state index is 10.2. The van der Waals surface area contributed by atoms with Crippen molar-refractivity contribution < 1.29 is 29.4 Å². The van der Waals surface area contributed by atoms with E-state index in [4.69, 9.17) is 5.11 Å². The average Bonchev–Trinajstić information content (AvgIpc) is 2.53. The summed E-state index contributed by atoms with van der Waals surface area (Å²) in [6, 6.07) is 0. The molecule has 0 atom stereocenters. The fourth-order valence-corrected chi connectivity index (χ4v) is 1.59. The molecule has 0 aliphatic carbocycles. The van der Waals surface area contributed by atoms with Gasteiger partial charge in [-0.15, -0.1) is 0 Å². The first kappa shape index (κ1) is 30.9. The number of carbonyl (C=O) groups is 1. The Hall–Kier alpha value is 0.0934. The summed E-state index contributed by atoms with van der Waals surface area (Å²) in [6.07, 6.45) is 16.0. The van der Waals surface area contributed by atoms with Crippen LogP contribution in [0.15, 0.2) is 0 Å². The van der Waals surface area contributed by atoms with E-state index in [1.165, 1.54) is 57.8 Å². The number of hydrogen-bond acceptors (Lipinski definition) is 1. The zero-order chi connectivity index (χ0) is 17.5. The van der Waals surface area contributed by atoms with E-state index in [9.17, 15) is 4.79 Å². The van der Waals surface area contributed by atoms with Gasteiger partial charge < -0.3 is 19.0 Å². The largest absolute Gasteiger partial charge is 2.00 e. The van der Waals surface area contributed by atoms with Crippen molar-refractivity contribution in [2.75, 3.05) is 0 Å². The molecular formula is C20H42O2Zn. The van der Waals surface area contributed by atoms with E-state index in [2.05, 4.69) is 34.6 Å². The van der Waals surface area contributed by atoms with Gasteiger partial charge in [-0.25, -0.2) is 0 Å². The molecule has 136 valence electrons. The first-order chi connectivity index (χ1) is 10.6. The van der Waals surface area contributed by atoms with Crippen LogP contribution in [0.5, 0.6) is 0 Å². The number of carboxylic acids is 1. The van der Waals surface area contributed by atoms with Crippen molar-refractivity contribution in [1.82, 2.24) is 0 Å². The zero-order valence-electron chi connectivity index (χ0n) is 16.4. The predicted octanol–water partition coefficient (Wildman–Crippen LogP) is 7.23. The molecule has 1 N–H and O–H groups in total. The Kier molecular flexibility index (Phi) is 45.2. The van der Waals surface area contributed by atoms with Crippen LogP contribution in [-0.2, 0) is 24.3 Å². The van der Waals surface area contributed by atoms with Gasteiger partial charge in [-0.2, -0.15) is 12.8 Å². The summed E-state index contributed by atoms with van der Waals surface area (Å²) in [4.78, 5) is 10.2. The molecule has 0 aliphatic rings. The molecule has 0 aromatic heterocycles. The molecule has 0 aliphatic heterocycles. The van der Waals surface area contributed by atoms with Crippen molar-refractivity contribution in [2.24, 2.45) is 0 Å². The third kappa shape index (κ3) is 52.0. The fourth-order valence-electron chi connectivity index (χ4n) is 1.59. The van der Waals surface area contributed by atoms with Crippen molar-refractivity contribution >= 4 is 5.97 Å². The molecule has 23 heavy (non-hydrogen) atoms. The topological polar surface area (TPSA) is 37.3 Å². The molecule has 0 bridgehead atoms. The minimum atomic E-state index is -0.659. The first-order valence-electron chi connectivity index (χ1n) is 9.40. The Labute approximate surface area is 160 Å². The summed E-state index contributed by atoms with van der Waals surface area (Å²) >= 11 is 0. The number of rotatable bonds is 12. The van der Waals surface area contributed by atoms with Crippen LogP contribution < -0.4 is 0 Å². The Balaban J connectivity index is -0.000000167. The van der Waals surface area contributed by atoms with Crippen LogP contribution in [0.25, 0.3) is 0 Å². The fraction of sp³-hybridized carbons (Fsp3) is 0.850. The molecule has 0 heterocycles. The van der Waals surface area contributed by atoms with Crippen molar-refractivity contribution in [1.29, 1.82) is 0 Å². The van der Waals surface area contributed by atoms with Crippen LogP contribution >= 0.6 is 0 Å². The zero-order valence-corrected chi connectivity index (χ0v) is 19.3. The van der Waals surface area contributed by atoms with Gasteiger partial charge in [0.25, 0.3) is 0 Å². The van der Waals surface area contributed by atoms with Gasteiger partial charge in [0.1, 0.15) is 0 Å². The molecule has 0 amide bonds. The third-order valence-corrected chi connectivity index (χ3v) is 3.20. The molecule has 0 aromatic carbocycles. The quantitative estimate of drug-likeness (QED) is 0.220. The monoisotopic (exact) mass is 378 g/mol. The SMILES string of the molecule is CCCCCCCCCCCC(=O)O.[CH2-]CCC.[CH2-]CCC.[Zn+2]. The van der Waals surface area contributed by atoms with Crippen LogP contribution in [0.3, 0.4) is 0 Å². The second-order valence-corrected chi connectivity index (χ2v) is 5.68. The van der Waals surface area contributed by atoms with Gasteiger partial charge in [-0.05, 0) is 6.42 Å². The normalized spacial score (nSPS) is 8.91. The van der Waals surface area contributed by atoms with E-state index >= 15 is 0 Å². The van der Waals surface area contributed by atoms with Crippen molar-refractivity contribution in [2.45, 2.75) is 111 Å². The number of hydrogen-bond donors (Lipinski definition) is 1. The molecular weight excluding hydrogens is 338 g/mol. The van der Waals surface area contributed by atoms with Gasteiger partial charge in [-0.3, -0.25) is 4.79 Å².